The predicted octanol–water partition coefficient (Wildman–Crippen LogP) is 1.27. The number of morpholine rings is 1. The van der Waals surface area contributed by atoms with E-state index in [0.717, 1.165) is 32.5 Å². The molecule has 24 heavy (non-hydrogen) atoms. The molecular weight excluding hydrogens is 306 g/mol. The Morgan fingerprint density at radius 1 is 1.29 bits per heavy atom. The Kier molecular flexibility index (Phi) is 4.44. The molecule has 0 amide bonds. The molecule has 7 nitrogen and oxygen atoms in total. The van der Waals surface area contributed by atoms with Crippen molar-refractivity contribution < 1.29 is 9.47 Å². The average molecular weight is 329 g/mol. The van der Waals surface area contributed by atoms with Crippen molar-refractivity contribution in [2.24, 2.45) is 13.0 Å². The van der Waals surface area contributed by atoms with Crippen molar-refractivity contribution in [3.8, 4) is 6.01 Å². The second-order valence-corrected chi connectivity index (χ2v) is 6.58. The molecular formula is C17H23N5O2. The van der Waals surface area contributed by atoms with Crippen LogP contribution in [-0.4, -0.2) is 56.6 Å². The van der Waals surface area contributed by atoms with E-state index in [1.807, 2.05) is 17.9 Å². The molecule has 0 radical (unpaired) electrons. The molecule has 1 saturated heterocycles. The number of aryl methyl sites for hydroxylation is 1. The van der Waals surface area contributed by atoms with Gasteiger partial charge in [0.1, 0.15) is 0 Å². The third kappa shape index (κ3) is 3.27. The van der Waals surface area contributed by atoms with Crippen molar-refractivity contribution >= 4 is 0 Å². The summed E-state index contributed by atoms with van der Waals surface area (Å²) in [5.41, 5.74) is 1.26. The average Bonchev–Trinajstić information content (AvgIpc) is 3.21. The number of hydrogen-bond acceptors (Lipinski definition) is 6. The first-order chi connectivity index (χ1) is 11.8. The van der Waals surface area contributed by atoms with Crippen molar-refractivity contribution in [2.45, 2.75) is 31.5 Å². The summed E-state index contributed by atoms with van der Waals surface area (Å²) in [5, 5.41) is 4.27. The molecule has 0 unspecified atom stereocenters. The van der Waals surface area contributed by atoms with Crippen LogP contribution in [-0.2, 0) is 18.3 Å². The first-order valence-corrected chi connectivity index (χ1v) is 8.52. The summed E-state index contributed by atoms with van der Waals surface area (Å²) in [6.07, 6.45) is 9.94. The molecule has 4 rings (SSSR count). The molecule has 128 valence electrons. The van der Waals surface area contributed by atoms with Gasteiger partial charge in [-0.2, -0.15) is 5.10 Å². The molecule has 7 heteroatoms. The number of nitrogens with zero attached hydrogens (tertiary/aromatic N) is 5. The summed E-state index contributed by atoms with van der Waals surface area (Å²) in [6, 6.07) is 2.70. The van der Waals surface area contributed by atoms with Crippen LogP contribution in [0.4, 0.5) is 0 Å². The van der Waals surface area contributed by atoms with Gasteiger partial charge >= 0.3 is 6.01 Å². The molecule has 2 aromatic heterocycles. The lowest BCUT2D eigenvalue weighted by molar-refractivity contribution is -0.0819. The van der Waals surface area contributed by atoms with Gasteiger partial charge in [-0.15, -0.1) is 0 Å². The number of fused-ring (bicyclic) bond motifs is 1. The zero-order valence-electron chi connectivity index (χ0n) is 13.9. The van der Waals surface area contributed by atoms with Crippen LogP contribution in [0.1, 0.15) is 18.4 Å². The monoisotopic (exact) mass is 329 g/mol. The lowest BCUT2D eigenvalue weighted by Crippen LogP contribution is -2.50. The van der Waals surface area contributed by atoms with Gasteiger partial charge < -0.3 is 9.47 Å². The maximum Gasteiger partial charge on any atom is 0.316 e. The Hall–Kier alpha value is -1.99. The molecule has 2 aliphatic rings. The van der Waals surface area contributed by atoms with Crippen molar-refractivity contribution in [3.05, 3.63) is 36.4 Å². The Labute approximate surface area is 141 Å². The minimum Gasteiger partial charge on any atom is -0.463 e. The first-order valence-electron chi connectivity index (χ1n) is 8.52. The van der Waals surface area contributed by atoms with Gasteiger partial charge in [-0.3, -0.25) is 9.58 Å². The third-order valence-corrected chi connectivity index (χ3v) is 4.95. The highest BCUT2D eigenvalue weighted by atomic mass is 16.5. The fraction of sp³-hybridized carbons (Fsp3) is 0.588. The molecule has 1 saturated carbocycles. The molecule has 0 N–H and O–H groups in total. The molecule has 2 fully saturated rings. The molecule has 1 aliphatic heterocycles. The molecule has 0 aromatic carbocycles. The Balaban J connectivity index is 1.37. The highest BCUT2D eigenvalue weighted by Crippen LogP contribution is 2.35. The van der Waals surface area contributed by atoms with Crippen LogP contribution in [0.15, 0.2) is 30.9 Å². The second kappa shape index (κ2) is 6.86. The third-order valence-electron chi connectivity index (χ3n) is 4.95. The fourth-order valence-corrected chi connectivity index (χ4v) is 3.84. The largest absolute Gasteiger partial charge is 0.463 e. The first kappa shape index (κ1) is 15.5. The number of rotatable bonds is 5. The summed E-state index contributed by atoms with van der Waals surface area (Å²) in [6.45, 7) is 3.31. The van der Waals surface area contributed by atoms with Crippen molar-refractivity contribution in [1.29, 1.82) is 0 Å². The topological polar surface area (TPSA) is 65.3 Å². The standard InChI is InChI=1S/C17H23N5O2/c1-21-10-13(9-20-21)11-22-7-8-23-16-14(3-4-15(16)22)12-24-17-18-5-2-6-19-17/h2,5-6,9-10,14-16H,3-4,7-8,11-12H2,1H3/t14-,15+,16-/m1/s1. The van der Waals surface area contributed by atoms with Crippen molar-refractivity contribution in [2.75, 3.05) is 19.8 Å². The summed E-state index contributed by atoms with van der Waals surface area (Å²) in [5.74, 6) is 0.399. The maximum atomic E-state index is 6.09. The van der Waals surface area contributed by atoms with Crippen LogP contribution < -0.4 is 4.74 Å². The number of aromatic nitrogens is 4. The van der Waals surface area contributed by atoms with Crippen LogP contribution in [0.2, 0.25) is 0 Å². The minimum atomic E-state index is 0.235. The minimum absolute atomic E-state index is 0.235. The van der Waals surface area contributed by atoms with Gasteiger partial charge in [0.15, 0.2) is 0 Å². The van der Waals surface area contributed by atoms with E-state index in [4.69, 9.17) is 9.47 Å². The van der Waals surface area contributed by atoms with E-state index in [9.17, 15) is 0 Å². The molecule has 2 aromatic rings. The van der Waals surface area contributed by atoms with Gasteiger partial charge in [0.2, 0.25) is 0 Å². The van der Waals surface area contributed by atoms with Gasteiger partial charge in [-0.25, -0.2) is 9.97 Å². The van der Waals surface area contributed by atoms with Gasteiger partial charge in [-0.05, 0) is 18.9 Å². The van der Waals surface area contributed by atoms with E-state index in [1.165, 1.54) is 5.56 Å². The highest BCUT2D eigenvalue weighted by Gasteiger charge is 2.43. The molecule has 3 heterocycles. The number of hydrogen-bond donors (Lipinski definition) is 0. The van der Waals surface area contributed by atoms with Crippen LogP contribution in [0.3, 0.4) is 0 Å². The maximum absolute atomic E-state index is 6.09. The highest BCUT2D eigenvalue weighted by molar-refractivity contribution is 5.06. The Morgan fingerprint density at radius 2 is 2.17 bits per heavy atom. The summed E-state index contributed by atoms with van der Waals surface area (Å²) in [4.78, 5) is 10.8. The van der Waals surface area contributed by atoms with E-state index < -0.39 is 0 Å². The lowest BCUT2D eigenvalue weighted by Gasteiger charge is -2.39. The van der Waals surface area contributed by atoms with Gasteiger partial charge in [0.05, 0.1) is 25.5 Å². The zero-order valence-corrected chi connectivity index (χ0v) is 13.9. The summed E-state index contributed by atoms with van der Waals surface area (Å²) >= 11 is 0. The molecule has 0 spiro atoms. The SMILES string of the molecule is Cn1cc(CN2CCO[C@@H]3[C@@H](COc4ncccn4)CC[C@@H]32)cn1. The lowest BCUT2D eigenvalue weighted by atomic mass is 10.0. The van der Waals surface area contributed by atoms with E-state index in [0.29, 0.717) is 24.6 Å². The van der Waals surface area contributed by atoms with E-state index >= 15 is 0 Å². The summed E-state index contributed by atoms with van der Waals surface area (Å²) in [7, 11) is 1.96. The zero-order chi connectivity index (χ0) is 16.4. The normalized spacial score (nSPS) is 27.1. The van der Waals surface area contributed by atoms with Crippen LogP contribution >= 0.6 is 0 Å². The fourth-order valence-electron chi connectivity index (χ4n) is 3.84. The van der Waals surface area contributed by atoms with E-state index in [1.54, 1.807) is 18.5 Å². The van der Waals surface area contributed by atoms with Gasteiger partial charge in [-0.1, -0.05) is 0 Å². The van der Waals surface area contributed by atoms with Crippen LogP contribution in [0.25, 0.3) is 0 Å². The second-order valence-electron chi connectivity index (χ2n) is 6.58. The van der Waals surface area contributed by atoms with Crippen molar-refractivity contribution in [1.82, 2.24) is 24.6 Å². The number of ether oxygens (including phenoxy) is 2. The van der Waals surface area contributed by atoms with Gasteiger partial charge in [0.25, 0.3) is 0 Å². The molecule has 0 bridgehead atoms. The Bertz CT molecular complexity index is 662. The Morgan fingerprint density at radius 3 is 2.96 bits per heavy atom. The van der Waals surface area contributed by atoms with Gasteiger partial charge in [0, 0.05) is 56.3 Å². The van der Waals surface area contributed by atoms with E-state index in [2.05, 4.69) is 26.2 Å². The van der Waals surface area contributed by atoms with Crippen LogP contribution in [0, 0.1) is 5.92 Å². The summed E-state index contributed by atoms with van der Waals surface area (Å²) < 4.78 is 13.7. The predicted molar refractivity (Wildman–Crippen MR) is 87.4 cm³/mol. The van der Waals surface area contributed by atoms with Crippen LogP contribution in [0.5, 0.6) is 6.01 Å². The van der Waals surface area contributed by atoms with E-state index in [-0.39, 0.29) is 6.10 Å². The molecule has 3 atom stereocenters. The molecule has 1 aliphatic carbocycles. The van der Waals surface area contributed by atoms with Crippen molar-refractivity contribution in [3.63, 3.8) is 0 Å². The smallest absolute Gasteiger partial charge is 0.316 e. The quantitative estimate of drug-likeness (QED) is 0.823.